The van der Waals surface area contributed by atoms with Crippen molar-refractivity contribution in [1.82, 2.24) is 19.9 Å². The summed E-state index contributed by atoms with van der Waals surface area (Å²) in [5.41, 5.74) is 11.0. The van der Waals surface area contributed by atoms with Crippen LogP contribution in [-0.4, -0.2) is 19.9 Å². The molecule has 0 spiro atoms. The van der Waals surface area contributed by atoms with Gasteiger partial charge in [0.25, 0.3) is 0 Å². The van der Waals surface area contributed by atoms with Crippen molar-refractivity contribution >= 4 is 45.7 Å². The average Bonchev–Trinajstić information content (AvgIpc) is 3.77. The van der Waals surface area contributed by atoms with Gasteiger partial charge in [0.15, 0.2) is 0 Å². The van der Waals surface area contributed by atoms with Crippen molar-refractivity contribution in [1.29, 1.82) is 0 Å². The van der Waals surface area contributed by atoms with E-state index in [1.807, 2.05) is 97.8 Å². The molecule has 4 aromatic carbocycles. The zero-order valence-corrected chi connectivity index (χ0v) is 30.5. The van der Waals surface area contributed by atoms with E-state index in [0.717, 1.165) is 56.6 Å². The normalized spacial score (nSPS) is 10.9. The van der Waals surface area contributed by atoms with Gasteiger partial charge >= 0.3 is 0 Å². The van der Waals surface area contributed by atoms with Crippen LogP contribution in [0, 0.1) is 0 Å². The average molecular weight is 727 g/mol. The van der Waals surface area contributed by atoms with E-state index in [1.54, 1.807) is 11.3 Å². The molecule has 0 fully saturated rings. The fourth-order valence-corrected chi connectivity index (χ4v) is 7.71. The van der Waals surface area contributed by atoms with Gasteiger partial charge in [-0.25, -0.2) is 9.97 Å². The Morgan fingerprint density at radius 3 is 0.945 bits per heavy atom. The van der Waals surface area contributed by atoms with Gasteiger partial charge in [-0.15, -0.1) is 11.3 Å². The lowest BCUT2D eigenvalue weighted by atomic mass is 10.1. The number of hydrogen-bond acceptors (Lipinski definition) is 7. The molecule has 0 radical (unpaired) electrons. The number of aromatic nitrogens is 4. The lowest BCUT2D eigenvalue weighted by Gasteiger charge is -2.24. The van der Waals surface area contributed by atoms with Gasteiger partial charge in [-0.2, -0.15) is 0 Å². The van der Waals surface area contributed by atoms with Crippen LogP contribution < -0.4 is 9.80 Å². The monoisotopic (exact) mass is 726 g/mol. The summed E-state index contributed by atoms with van der Waals surface area (Å²) in [6, 6.07) is 59.1. The Kier molecular flexibility index (Phi) is 9.41. The Morgan fingerprint density at radius 1 is 0.291 bits per heavy atom. The number of thiophene rings is 1. The molecule has 0 unspecified atom stereocenters. The molecule has 0 aliphatic carbocycles. The number of anilines is 6. The zero-order chi connectivity index (χ0) is 36.8. The number of pyridine rings is 4. The van der Waals surface area contributed by atoms with Gasteiger partial charge in [0.2, 0.25) is 0 Å². The minimum atomic E-state index is 0.859. The molecular weight excluding hydrogens is 693 g/mol. The third-order valence-electron chi connectivity index (χ3n) is 9.46. The van der Waals surface area contributed by atoms with E-state index < -0.39 is 0 Å². The third kappa shape index (κ3) is 7.25. The largest absolute Gasteiger partial charge is 0.295 e. The molecule has 262 valence electrons. The highest BCUT2D eigenvalue weighted by molar-refractivity contribution is 7.18. The highest BCUT2D eigenvalue weighted by Crippen LogP contribution is 2.40. The van der Waals surface area contributed by atoms with Gasteiger partial charge in [-0.05, 0) is 143 Å². The van der Waals surface area contributed by atoms with E-state index in [-0.39, 0.29) is 0 Å². The minimum Gasteiger partial charge on any atom is -0.295 e. The smallest absolute Gasteiger partial charge is 0.137 e. The predicted molar refractivity (Wildman–Crippen MR) is 227 cm³/mol. The fraction of sp³-hybridized carbons (Fsp3) is 0. The number of hydrogen-bond donors (Lipinski definition) is 0. The summed E-state index contributed by atoms with van der Waals surface area (Å²) in [5.74, 6) is 1.72. The first-order valence-electron chi connectivity index (χ1n) is 18.0. The molecule has 9 aromatic rings. The van der Waals surface area contributed by atoms with E-state index in [1.165, 1.54) is 20.9 Å². The predicted octanol–water partition coefficient (Wildman–Crippen LogP) is 12.9. The molecule has 0 bridgehead atoms. The third-order valence-corrected chi connectivity index (χ3v) is 10.6. The van der Waals surface area contributed by atoms with Crippen molar-refractivity contribution < 1.29 is 0 Å². The maximum absolute atomic E-state index is 4.71. The van der Waals surface area contributed by atoms with Crippen LogP contribution in [0.2, 0.25) is 0 Å². The van der Waals surface area contributed by atoms with Crippen LogP contribution in [0.25, 0.3) is 43.1 Å². The minimum absolute atomic E-state index is 0.859. The molecule has 55 heavy (non-hydrogen) atoms. The number of rotatable bonds is 10. The highest BCUT2D eigenvalue weighted by Gasteiger charge is 2.16. The Morgan fingerprint density at radius 2 is 0.618 bits per heavy atom. The van der Waals surface area contributed by atoms with Crippen molar-refractivity contribution in [2.75, 3.05) is 9.80 Å². The first kappa shape index (κ1) is 33.6. The highest BCUT2D eigenvalue weighted by atomic mass is 32.1. The van der Waals surface area contributed by atoms with E-state index in [4.69, 9.17) is 9.97 Å². The molecule has 0 atom stereocenters. The molecule has 5 aromatic heterocycles. The molecule has 9 rings (SSSR count). The van der Waals surface area contributed by atoms with E-state index in [0.29, 0.717) is 0 Å². The first-order valence-corrected chi connectivity index (χ1v) is 18.8. The second kappa shape index (κ2) is 15.4. The Bertz CT molecular complexity index is 2410. The van der Waals surface area contributed by atoms with Gasteiger partial charge in [0.1, 0.15) is 11.6 Å². The SMILES string of the molecule is c1ccc(N(c2ccc(-c3ccncc3)cc2)c2ccc(-c3ccc(-c4ccc(N(c5ccc(-c6ccncc6)cc5)c5ccccn5)cc4)s3)cc2)nc1. The Hall–Kier alpha value is -7.22. The zero-order valence-electron chi connectivity index (χ0n) is 29.7. The van der Waals surface area contributed by atoms with Gasteiger partial charge < -0.3 is 0 Å². The van der Waals surface area contributed by atoms with Crippen molar-refractivity contribution in [2.45, 2.75) is 0 Å². The quantitative estimate of drug-likeness (QED) is 0.140. The van der Waals surface area contributed by atoms with Crippen LogP contribution in [0.15, 0.2) is 207 Å². The van der Waals surface area contributed by atoms with Crippen molar-refractivity contribution in [3.05, 3.63) is 207 Å². The molecule has 6 nitrogen and oxygen atoms in total. The second-order valence-corrected chi connectivity index (χ2v) is 14.0. The first-order chi connectivity index (χ1) is 27.3. The topological polar surface area (TPSA) is 58.0 Å². The van der Waals surface area contributed by atoms with Crippen LogP contribution in [-0.2, 0) is 0 Å². The van der Waals surface area contributed by atoms with Crippen LogP contribution in [0.4, 0.5) is 34.4 Å². The lowest BCUT2D eigenvalue weighted by Crippen LogP contribution is -2.11. The van der Waals surface area contributed by atoms with Gasteiger partial charge in [-0.1, -0.05) is 60.7 Å². The summed E-state index contributed by atoms with van der Waals surface area (Å²) < 4.78 is 0. The number of nitrogens with zero attached hydrogens (tertiary/aromatic N) is 6. The molecule has 0 amide bonds. The Labute approximate surface area is 324 Å². The maximum atomic E-state index is 4.71. The molecule has 0 N–H and O–H groups in total. The summed E-state index contributed by atoms with van der Waals surface area (Å²) in [6.07, 6.45) is 10.9. The summed E-state index contributed by atoms with van der Waals surface area (Å²) in [5, 5.41) is 0. The van der Waals surface area contributed by atoms with Crippen LogP contribution in [0.5, 0.6) is 0 Å². The molecule has 0 saturated carbocycles. The summed E-state index contributed by atoms with van der Waals surface area (Å²) >= 11 is 1.79. The van der Waals surface area contributed by atoms with Crippen molar-refractivity contribution in [3.8, 4) is 43.1 Å². The molecule has 0 aliphatic rings. The fourth-order valence-electron chi connectivity index (χ4n) is 6.69. The van der Waals surface area contributed by atoms with Crippen LogP contribution in [0.3, 0.4) is 0 Å². The van der Waals surface area contributed by atoms with E-state index in [2.05, 4.69) is 129 Å². The summed E-state index contributed by atoms with van der Waals surface area (Å²) in [4.78, 5) is 24.5. The molecule has 5 heterocycles. The maximum Gasteiger partial charge on any atom is 0.137 e. The van der Waals surface area contributed by atoms with E-state index in [9.17, 15) is 0 Å². The lowest BCUT2D eigenvalue weighted by molar-refractivity contribution is 1.18. The number of benzene rings is 4. The van der Waals surface area contributed by atoms with E-state index >= 15 is 0 Å². The summed E-state index contributed by atoms with van der Waals surface area (Å²) in [7, 11) is 0. The molecule has 7 heteroatoms. The van der Waals surface area contributed by atoms with Crippen molar-refractivity contribution in [3.63, 3.8) is 0 Å². The summed E-state index contributed by atoms with van der Waals surface area (Å²) in [6.45, 7) is 0. The second-order valence-electron chi connectivity index (χ2n) is 12.9. The molecule has 0 saturated heterocycles. The molecule has 0 aliphatic heterocycles. The van der Waals surface area contributed by atoms with Crippen LogP contribution >= 0.6 is 11.3 Å². The van der Waals surface area contributed by atoms with Gasteiger partial charge in [0.05, 0.1) is 0 Å². The van der Waals surface area contributed by atoms with Gasteiger partial charge in [-0.3, -0.25) is 19.8 Å². The molecular formula is C48H34N6S. The standard InChI is InChI=1S/C48H34N6S/c1-3-29-51-47(5-1)53(41-15-7-35(8-16-41)37-25-31-49-32-26-37)43-19-11-39(12-20-43)45-23-24-46(55-45)40-13-21-44(22-14-40)54(48-6-2-4-30-52-48)42-17-9-36(10-18-42)38-27-33-50-34-28-38/h1-34H. The van der Waals surface area contributed by atoms with Gasteiger partial charge in [0, 0.05) is 69.7 Å². The van der Waals surface area contributed by atoms with Crippen LogP contribution in [0.1, 0.15) is 0 Å². The van der Waals surface area contributed by atoms with Crippen molar-refractivity contribution in [2.24, 2.45) is 0 Å². The Balaban J connectivity index is 0.962.